The zero-order valence-electron chi connectivity index (χ0n) is 13.4. The predicted molar refractivity (Wildman–Crippen MR) is 90.4 cm³/mol. The third-order valence-corrected chi connectivity index (χ3v) is 4.56. The molecule has 0 amide bonds. The molecule has 0 spiro atoms. The highest BCUT2D eigenvalue weighted by molar-refractivity contribution is 5.76. The van der Waals surface area contributed by atoms with E-state index in [1.807, 2.05) is 0 Å². The fourth-order valence-electron chi connectivity index (χ4n) is 3.28. The number of carbonyl (C=O) groups is 1. The van der Waals surface area contributed by atoms with Gasteiger partial charge in [-0.3, -0.25) is 4.79 Å². The molecule has 0 heterocycles. The van der Waals surface area contributed by atoms with Gasteiger partial charge in [0.1, 0.15) is 6.29 Å². The molecule has 1 aliphatic carbocycles. The molecule has 2 aromatic carbocycles. The van der Waals surface area contributed by atoms with E-state index in [4.69, 9.17) is 9.47 Å². The van der Waals surface area contributed by atoms with Crippen LogP contribution >= 0.6 is 0 Å². The van der Waals surface area contributed by atoms with Crippen LogP contribution < -0.4 is 9.47 Å². The summed E-state index contributed by atoms with van der Waals surface area (Å²) in [6.07, 6.45) is 5.32. The van der Waals surface area contributed by atoms with Crippen molar-refractivity contribution in [1.82, 2.24) is 0 Å². The van der Waals surface area contributed by atoms with Crippen LogP contribution in [0.15, 0.2) is 48.5 Å². The Morgan fingerprint density at radius 2 is 1.70 bits per heavy atom. The third kappa shape index (κ3) is 3.73. The van der Waals surface area contributed by atoms with Gasteiger partial charge in [-0.15, -0.1) is 0 Å². The van der Waals surface area contributed by atoms with Gasteiger partial charge in [0.05, 0.1) is 13.2 Å². The summed E-state index contributed by atoms with van der Waals surface area (Å²) in [7, 11) is 1.62. The Morgan fingerprint density at radius 3 is 2.35 bits per heavy atom. The Labute approximate surface area is 137 Å². The fraction of sp³-hybridized carbons (Fsp3) is 0.350. The molecule has 3 nitrogen and oxygen atoms in total. The molecule has 2 aromatic rings. The Bertz CT molecular complexity index is 643. The summed E-state index contributed by atoms with van der Waals surface area (Å²) in [5, 5.41) is 0. The molecule has 1 saturated carbocycles. The highest BCUT2D eigenvalue weighted by atomic mass is 16.5. The predicted octanol–water partition coefficient (Wildman–Crippen LogP) is 4.61. The van der Waals surface area contributed by atoms with Crippen molar-refractivity contribution in [2.75, 3.05) is 7.11 Å². The molecule has 3 heteroatoms. The van der Waals surface area contributed by atoms with Gasteiger partial charge in [0.25, 0.3) is 0 Å². The van der Waals surface area contributed by atoms with E-state index >= 15 is 0 Å². The molecule has 0 atom stereocenters. The standard InChI is InChI=1S/C20H22O3/c1-22-19-12-7-15(14-21)13-20(19)23-18-10-8-17(9-11-18)16-5-3-2-4-6-16/h2-7,12-14,17-18H,8-11H2,1H3. The normalized spacial score (nSPS) is 20.7. The van der Waals surface area contributed by atoms with E-state index in [0.717, 1.165) is 32.0 Å². The van der Waals surface area contributed by atoms with Crippen LogP contribution in [0, 0.1) is 0 Å². The number of rotatable bonds is 5. The van der Waals surface area contributed by atoms with Crippen molar-refractivity contribution in [2.24, 2.45) is 0 Å². The van der Waals surface area contributed by atoms with Gasteiger partial charge < -0.3 is 9.47 Å². The molecule has 0 radical (unpaired) electrons. The van der Waals surface area contributed by atoms with Crippen molar-refractivity contribution in [1.29, 1.82) is 0 Å². The molecule has 0 aromatic heterocycles. The minimum Gasteiger partial charge on any atom is -0.493 e. The molecule has 1 fully saturated rings. The van der Waals surface area contributed by atoms with Gasteiger partial charge in [0.2, 0.25) is 0 Å². The first-order chi connectivity index (χ1) is 11.3. The molecule has 0 saturated heterocycles. The highest BCUT2D eigenvalue weighted by Gasteiger charge is 2.24. The molecule has 23 heavy (non-hydrogen) atoms. The van der Waals surface area contributed by atoms with Crippen molar-refractivity contribution < 1.29 is 14.3 Å². The van der Waals surface area contributed by atoms with Crippen LogP contribution in [-0.4, -0.2) is 19.5 Å². The molecule has 0 bridgehead atoms. The first-order valence-electron chi connectivity index (χ1n) is 8.15. The fourth-order valence-corrected chi connectivity index (χ4v) is 3.28. The molecule has 120 valence electrons. The van der Waals surface area contributed by atoms with E-state index in [0.29, 0.717) is 23.0 Å². The van der Waals surface area contributed by atoms with Crippen LogP contribution in [0.5, 0.6) is 11.5 Å². The Hall–Kier alpha value is -2.29. The van der Waals surface area contributed by atoms with Crippen molar-refractivity contribution in [2.45, 2.75) is 37.7 Å². The Morgan fingerprint density at radius 1 is 0.957 bits per heavy atom. The quantitative estimate of drug-likeness (QED) is 0.756. The van der Waals surface area contributed by atoms with Gasteiger partial charge >= 0.3 is 0 Å². The van der Waals surface area contributed by atoms with E-state index in [-0.39, 0.29) is 6.10 Å². The van der Waals surface area contributed by atoms with Crippen molar-refractivity contribution in [3.8, 4) is 11.5 Å². The lowest BCUT2D eigenvalue weighted by Gasteiger charge is -2.29. The average Bonchev–Trinajstić information content (AvgIpc) is 2.63. The summed E-state index contributed by atoms with van der Waals surface area (Å²) in [4.78, 5) is 11.0. The monoisotopic (exact) mass is 310 g/mol. The third-order valence-electron chi connectivity index (χ3n) is 4.56. The van der Waals surface area contributed by atoms with Gasteiger partial charge in [0.15, 0.2) is 11.5 Å². The van der Waals surface area contributed by atoms with E-state index < -0.39 is 0 Å². The van der Waals surface area contributed by atoms with Crippen LogP contribution in [-0.2, 0) is 0 Å². The summed E-state index contributed by atoms with van der Waals surface area (Å²) in [6.45, 7) is 0. The summed E-state index contributed by atoms with van der Waals surface area (Å²) in [5.41, 5.74) is 2.03. The zero-order valence-corrected chi connectivity index (χ0v) is 13.4. The second kappa shape index (κ2) is 7.32. The average molecular weight is 310 g/mol. The van der Waals surface area contributed by atoms with Gasteiger partial charge in [-0.2, -0.15) is 0 Å². The number of methoxy groups -OCH3 is 1. The lowest BCUT2D eigenvalue weighted by molar-refractivity contribution is 0.112. The molecular weight excluding hydrogens is 288 g/mol. The maximum Gasteiger partial charge on any atom is 0.162 e. The summed E-state index contributed by atoms with van der Waals surface area (Å²) in [6, 6.07) is 16.0. The SMILES string of the molecule is COc1ccc(C=O)cc1OC1CCC(c2ccccc2)CC1. The van der Waals surface area contributed by atoms with Crippen LogP contribution in [0.25, 0.3) is 0 Å². The van der Waals surface area contributed by atoms with E-state index in [1.54, 1.807) is 25.3 Å². The number of hydrogen-bond donors (Lipinski definition) is 0. The number of benzene rings is 2. The second-order valence-electron chi connectivity index (χ2n) is 6.03. The van der Waals surface area contributed by atoms with Crippen LogP contribution in [0.4, 0.5) is 0 Å². The largest absolute Gasteiger partial charge is 0.493 e. The van der Waals surface area contributed by atoms with Gasteiger partial charge in [-0.05, 0) is 55.4 Å². The Balaban J connectivity index is 1.64. The lowest BCUT2D eigenvalue weighted by atomic mass is 9.83. The molecule has 0 aliphatic heterocycles. The van der Waals surface area contributed by atoms with Crippen LogP contribution in [0.1, 0.15) is 47.5 Å². The molecule has 1 aliphatic rings. The number of ether oxygens (including phenoxy) is 2. The minimum absolute atomic E-state index is 0.186. The maximum atomic E-state index is 11.0. The summed E-state index contributed by atoms with van der Waals surface area (Å²) >= 11 is 0. The molecule has 0 N–H and O–H groups in total. The summed E-state index contributed by atoms with van der Waals surface area (Å²) < 4.78 is 11.5. The van der Waals surface area contributed by atoms with Crippen molar-refractivity contribution in [3.05, 3.63) is 59.7 Å². The van der Waals surface area contributed by atoms with E-state index in [9.17, 15) is 4.79 Å². The van der Waals surface area contributed by atoms with E-state index in [2.05, 4.69) is 30.3 Å². The smallest absolute Gasteiger partial charge is 0.162 e. The summed E-state index contributed by atoms with van der Waals surface area (Å²) in [5.74, 6) is 1.97. The van der Waals surface area contributed by atoms with Gasteiger partial charge in [-0.25, -0.2) is 0 Å². The molecule has 3 rings (SSSR count). The number of aldehydes is 1. The number of carbonyl (C=O) groups excluding carboxylic acids is 1. The van der Waals surface area contributed by atoms with Crippen LogP contribution in [0.3, 0.4) is 0 Å². The van der Waals surface area contributed by atoms with Gasteiger partial charge in [-0.1, -0.05) is 30.3 Å². The van der Waals surface area contributed by atoms with Gasteiger partial charge in [0, 0.05) is 5.56 Å². The number of hydrogen-bond acceptors (Lipinski definition) is 3. The van der Waals surface area contributed by atoms with Crippen molar-refractivity contribution >= 4 is 6.29 Å². The van der Waals surface area contributed by atoms with Crippen LogP contribution in [0.2, 0.25) is 0 Å². The maximum absolute atomic E-state index is 11.0. The second-order valence-corrected chi connectivity index (χ2v) is 6.03. The van der Waals surface area contributed by atoms with E-state index in [1.165, 1.54) is 5.56 Å². The minimum atomic E-state index is 0.186. The Kier molecular flexibility index (Phi) is 4.96. The van der Waals surface area contributed by atoms with Crippen molar-refractivity contribution in [3.63, 3.8) is 0 Å². The highest BCUT2D eigenvalue weighted by Crippen LogP contribution is 2.36. The molecular formula is C20H22O3. The zero-order chi connectivity index (χ0) is 16.1. The first kappa shape index (κ1) is 15.6. The lowest BCUT2D eigenvalue weighted by Crippen LogP contribution is -2.23. The molecule has 0 unspecified atom stereocenters. The first-order valence-corrected chi connectivity index (χ1v) is 8.15. The topological polar surface area (TPSA) is 35.5 Å².